The second kappa shape index (κ2) is 20.6. The van der Waals surface area contributed by atoms with E-state index >= 15 is 0 Å². The Labute approximate surface area is 445 Å². The van der Waals surface area contributed by atoms with Crippen molar-refractivity contribution >= 4 is 99.8 Å². The fourth-order valence-corrected chi connectivity index (χ4v) is 11.8. The standard InChI is InChI=1S/C56H35N7S.C7H10S.C3H6/c1-2-13-54(60-24-7-1)63-50-19-16-37(29-43(50)47-34-58-27-22-52(47)63)41-31-38(35-15-18-49-42(28-35)46-33-57-26-21-51(46)62(49)55-14-6-9-25-61-55)32-45-44-30-36(17-20-53(44)64-56(41)45)39-10-3-4-11-40(39)48-12-5-8-23-59-48;1-6-4-2-3-5-7(6)8;1-3-2/h1-6,8-34H,7H2;2,4,8H,3,5H2,1H3;3H,1H2,2H3. The molecule has 0 saturated carbocycles. The van der Waals surface area contributed by atoms with Crippen LogP contribution in [0.1, 0.15) is 33.1 Å². The van der Waals surface area contributed by atoms with Crippen molar-refractivity contribution in [3.63, 3.8) is 0 Å². The normalized spacial score (nSPS) is 13.3. The average Bonchev–Trinajstić information content (AvgIpc) is 4.07. The molecular weight excluding hydrogens is 955 g/mol. The maximum absolute atomic E-state index is 4.87. The Morgan fingerprint density at radius 1 is 0.587 bits per heavy atom. The number of aliphatic imine (C=N–C) groups is 1. The highest BCUT2D eigenvalue weighted by atomic mass is 32.1. The summed E-state index contributed by atoms with van der Waals surface area (Å²) < 4.78 is 6.96. The van der Waals surface area contributed by atoms with Crippen molar-refractivity contribution in [2.75, 3.05) is 0 Å². The Morgan fingerprint density at radius 3 is 1.95 bits per heavy atom. The molecule has 0 N–H and O–H groups in total. The number of hydrogen-bond donors (Lipinski definition) is 1. The molecule has 9 heteroatoms. The molecule has 0 radical (unpaired) electrons. The Hall–Kier alpha value is -8.76. The molecule has 14 rings (SSSR count). The van der Waals surface area contributed by atoms with Crippen LogP contribution < -0.4 is 0 Å². The Bertz CT molecular complexity index is 4320. The SMILES string of the molecule is C1=CCC=NC(n2c3ccncc3c3cc(-c4cc(-c5ccc6c(c5)c5cnccc5n6-c5ccccn5)cc5c4sc4ccc(-c6ccccc6-c6ccccn6)cc45)ccc32)=C1.C=CC.CC1=C(S)CCC=C1. The molecule has 7 aromatic heterocycles. The van der Waals surface area contributed by atoms with Crippen molar-refractivity contribution in [2.45, 2.75) is 33.1 Å². The van der Waals surface area contributed by atoms with Gasteiger partial charge < -0.3 is 0 Å². The van der Waals surface area contributed by atoms with Crippen LogP contribution in [0.2, 0.25) is 0 Å². The van der Waals surface area contributed by atoms with Gasteiger partial charge in [0.2, 0.25) is 0 Å². The Balaban J connectivity index is 0.000000467. The highest BCUT2D eigenvalue weighted by Crippen LogP contribution is 2.46. The summed E-state index contributed by atoms with van der Waals surface area (Å²) >= 11 is 6.14. The van der Waals surface area contributed by atoms with Gasteiger partial charge in [-0.05, 0) is 156 Å². The van der Waals surface area contributed by atoms with E-state index in [0.717, 1.165) is 114 Å². The van der Waals surface area contributed by atoms with E-state index < -0.39 is 0 Å². The smallest absolute Gasteiger partial charge is 0.137 e. The second-order valence-electron chi connectivity index (χ2n) is 18.6. The van der Waals surface area contributed by atoms with Crippen molar-refractivity contribution < 1.29 is 0 Å². The van der Waals surface area contributed by atoms with Gasteiger partial charge >= 0.3 is 0 Å². The molecule has 0 spiro atoms. The van der Waals surface area contributed by atoms with E-state index in [-0.39, 0.29) is 0 Å². The Kier molecular flexibility index (Phi) is 13.0. The van der Waals surface area contributed by atoms with Crippen molar-refractivity contribution in [1.29, 1.82) is 0 Å². The predicted octanol–water partition coefficient (Wildman–Crippen LogP) is 18.1. The Morgan fingerprint density at radius 2 is 1.23 bits per heavy atom. The molecule has 362 valence electrons. The van der Waals surface area contributed by atoms with Gasteiger partial charge in [-0.1, -0.05) is 85.0 Å². The monoisotopic (exact) mass is 1010 g/mol. The number of fused-ring (bicyclic) bond motifs is 9. The lowest BCUT2D eigenvalue weighted by Crippen LogP contribution is -1.96. The van der Waals surface area contributed by atoms with Gasteiger partial charge in [-0.15, -0.1) is 30.5 Å². The fraction of sp³-hybridized carbons (Fsp3) is 0.0758. The second-order valence-corrected chi connectivity index (χ2v) is 20.2. The van der Waals surface area contributed by atoms with Crippen LogP contribution in [0, 0.1) is 0 Å². The molecule has 5 aromatic carbocycles. The molecule has 0 fully saturated rings. The van der Waals surface area contributed by atoms with Crippen LogP contribution in [0.15, 0.2) is 235 Å². The van der Waals surface area contributed by atoms with Gasteiger partial charge in [-0.2, -0.15) is 0 Å². The maximum atomic E-state index is 4.87. The van der Waals surface area contributed by atoms with Crippen LogP contribution in [0.3, 0.4) is 0 Å². The molecule has 1 aliphatic carbocycles. The number of thiol groups is 1. The predicted molar refractivity (Wildman–Crippen MR) is 322 cm³/mol. The summed E-state index contributed by atoms with van der Waals surface area (Å²) in [6, 6.07) is 50.2. The third kappa shape index (κ3) is 8.90. The third-order valence-corrected chi connectivity index (χ3v) is 15.6. The summed E-state index contributed by atoms with van der Waals surface area (Å²) in [5.74, 6) is 1.76. The van der Waals surface area contributed by atoms with Crippen molar-refractivity contribution in [3.8, 4) is 50.5 Å². The lowest BCUT2D eigenvalue weighted by atomic mass is 9.93. The van der Waals surface area contributed by atoms with E-state index in [9.17, 15) is 0 Å². The molecule has 0 atom stereocenters. The van der Waals surface area contributed by atoms with E-state index in [1.807, 2.05) is 85.9 Å². The lowest BCUT2D eigenvalue weighted by Gasteiger charge is -2.12. The van der Waals surface area contributed by atoms with Crippen molar-refractivity contribution in [1.82, 2.24) is 29.1 Å². The minimum absolute atomic E-state index is 0.804. The third-order valence-electron chi connectivity index (χ3n) is 13.9. The zero-order valence-corrected chi connectivity index (χ0v) is 43.3. The van der Waals surface area contributed by atoms with Crippen LogP contribution >= 0.6 is 24.0 Å². The van der Waals surface area contributed by atoms with Crippen molar-refractivity contribution in [3.05, 3.63) is 230 Å². The van der Waals surface area contributed by atoms with E-state index in [2.05, 4.69) is 191 Å². The molecule has 75 heavy (non-hydrogen) atoms. The molecule has 1 aliphatic heterocycles. The van der Waals surface area contributed by atoms with Crippen LogP contribution in [0.25, 0.3) is 120 Å². The molecule has 0 saturated heterocycles. The first-order chi connectivity index (χ1) is 37.0. The number of pyridine rings is 4. The molecule has 12 aromatic rings. The molecule has 8 heterocycles. The van der Waals surface area contributed by atoms with Gasteiger partial charge in [0.25, 0.3) is 0 Å². The number of rotatable bonds is 6. The summed E-state index contributed by atoms with van der Waals surface area (Å²) in [6.07, 6.45) is 28.8. The van der Waals surface area contributed by atoms with Gasteiger partial charge in [0.05, 0.1) is 27.8 Å². The van der Waals surface area contributed by atoms with Crippen LogP contribution in [-0.2, 0) is 0 Å². The minimum Gasteiger partial charge on any atom is -0.294 e. The van der Waals surface area contributed by atoms with Crippen LogP contribution in [-0.4, -0.2) is 35.3 Å². The molecule has 2 aliphatic rings. The highest BCUT2D eigenvalue weighted by molar-refractivity contribution is 7.84. The van der Waals surface area contributed by atoms with Crippen LogP contribution in [0.4, 0.5) is 0 Å². The average molecular weight is 1010 g/mol. The van der Waals surface area contributed by atoms with Gasteiger partial charge in [0.1, 0.15) is 11.6 Å². The van der Waals surface area contributed by atoms with E-state index in [1.54, 1.807) is 6.08 Å². The van der Waals surface area contributed by atoms with Gasteiger partial charge in [0, 0.05) is 103 Å². The first kappa shape index (κ1) is 47.3. The van der Waals surface area contributed by atoms with Gasteiger partial charge in [-0.3, -0.25) is 24.1 Å². The topological polar surface area (TPSA) is 73.8 Å². The minimum atomic E-state index is 0.804. The molecular formula is C66H51N7S2. The summed E-state index contributed by atoms with van der Waals surface area (Å²) in [5.41, 5.74) is 14.6. The number of allylic oxidation sites excluding steroid dienone is 8. The first-order valence-corrected chi connectivity index (χ1v) is 26.5. The first-order valence-electron chi connectivity index (χ1n) is 25.2. The zero-order valence-electron chi connectivity index (χ0n) is 41.6. The molecule has 0 amide bonds. The highest BCUT2D eigenvalue weighted by Gasteiger charge is 2.21. The fourth-order valence-electron chi connectivity index (χ4n) is 10.4. The number of nitrogens with zero attached hydrogens (tertiary/aromatic N) is 7. The molecule has 7 nitrogen and oxygen atoms in total. The summed E-state index contributed by atoms with van der Waals surface area (Å²) in [7, 11) is 0. The largest absolute Gasteiger partial charge is 0.294 e. The summed E-state index contributed by atoms with van der Waals surface area (Å²) in [6.45, 7) is 7.35. The number of aromatic nitrogens is 6. The summed E-state index contributed by atoms with van der Waals surface area (Å²) in [4.78, 5) is 24.8. The number of benzene rings is 5. The lowest BCUT2D eigenvalue weighted by molar-refractivity contribution is 1.00. The number of thiophene rings is 1. The van der Waals surface area contributed by atoms with Crippen LogP contribution in [0.5, 0.6) is 0 Å². The van der Waals surface area contributed by atoms with E-state index in [0.29, 0.717) is 0 Å². The summed E-state index contributed by atoms with van der Waals surface area (Å²) in [5, 5.41) is 6.88. The zero-order chi connectivity index (χ0) is 50.8. The van der Waals surface area contributed by atoms with E-state index in [1.165, 1.54) is 36.2 Å². The van der Waals surface area contributed by atoms with Gasteiger partial charge in [0.15, 0.2) is 0 Å². The van der Waals surface area contributed by atoms with E-state index in [4.69, 9.17) is 15.0 Å². The van der Waals surface area contributed by atoms with Gasteiger partial charge in [-0.25, -0.2) is 9.98 Å². The molecule has 0 unspecified atom stereocenters. The number of hydrogen-bond acceptors (Lipinski definition) is 7. The maximum Gasteiger partial charge on any atom is 0.137 e. The quantitative estimate of drug-likeness (QED) is 0.133. The van der Waals surface area contributed by atoms with Crippen molar-refractivity contribution in [2.24, 2.45) is 4.99 Å². The molecule has 0 bridgehead atoms.